The zero-order chi connectivity index (χ0) is 18.8. The summed E-state index contributed by atoms with van der Waals surface area (Å²) in [5.74, 6) is 0. The van der Waals surface area contributed by atoms with E-state index in [-0.39, 0.29) is 0 Å². The van der Waals surface area contributed by atoms with E-state index in [1.54, 1.807) is 18.7 Å². The quantitative estimate of drug-likeness (QED) is 0.484. The third-order valence-electron chi connectivity index (χ3n) is 3.40. The molecule has 0 atom stereocenters. The Morgan fingerprint density at radius 2 is 2.00 bits per heavy atom. The summed E-state index contributed by atoms with van der Waals surface area (Å²) < 4.78 is 13.1. The number of aryl methyl sites for hydroxylation is 1. The molecule has 0 spiro atoms. The smallest absolute Gasteiger partial charge is 0.420 e. The highest BCUT2D eigenvalue weighted by molar-refractivity contribution is 9.10. The van der Waals surface area contributed by atoms with Gasteiger partial charge in [0.15, 0.2) is 0 Å². The summed E-state index contributed by atoms with van der Waals surface area (Å²) in [7, 11) is 0. The fourth-order valence-electron chi connectivity index (χ4n) is 2.52. The Labute approximate surface area is 156 Å². The minimum atomic E-state index is -0.593. The van der Waals surface area contributed by atoms with Gasteiger partial charge in [0.1, 0.15) is 11.2 Å². The minimum Gasteiger partial charge on any atom is -0.472 e. The summed E-state index contributed by atoms with van der Waals surface area (Å²) in [6.07, 6.45) is 4.40. The maximum absolute atomic E-state index is 12.7. The number of nitrogens with zero attached hydrogens (tertiary/aromatic N) is 2. The number of aromatic nitrogens is 2. The Hall–Kier alpha value is -2.08. The summed E-state index contributed by atoms with van der Waals surface area (Å²) in [6, 6.07) is 3.76. The average Bonchev–Trinajstić information content (AvgIpc) is 3.14. The highest BCUT2D eigenvalue weighted by atomic mass is 79.9. The minimum absolute atomic E-state index is 0.457. The largest absolute Gasteiger partial charge is 0.472 e. The van der Waals surface area contributed by atoms with Crippen LogP contribution in [0.3, 0.4) is 0 Å². The number of carbonyl (C=O) groups excluding carboxylic acids is 1. The second-order valence-electron chi connectivity index (χ2n) is 6.33. The lowest BCUT2D eigenvalue weighted by atomic mass is 10.1. The number of carbonyl (C=O) groups is 1. The molecule has 0 N–H and O–H groups in total. The van der Waals surface area contributed by atoms with E-state index < -0.39 is 11.7 Å². The van der Waals surface area contributed by atoms with Gasteiger partial charge in [0, 0.05) is 21.6 Å². The van der Waals surface area contributed by atoms with Crippen molar-refractivity contribution < 1.29 is 13.9 Å². The molecule has 0 bridgehead atoms. The first-order chi connectivity index (χ1) is 11.8. The molecule has 0 aliphatic carbocycles. The molecule has 0 aliphatic rings. The van der Waals surface area contributed by atoms with E-state index in [0.29, 0.717) is 5.65 Å². The van der Waals surface area contributed by atoms with Crippen molar-refractivity contribution in [2.75, 3.05) is 0 Å². The zero-order valence-corrected chi connectivity index (χ0v) is 17.0. The second-order valence-corrected chi connectivity index (χ2v) is 7.24. The first-order valence-corrected chi connectivity index (χ1v) is 9.00. The van der Waals surface area contributed by atoms with Crippen LogP contribution in [0.5, 0.6) is 0 Å². The third-order valence-corrected chi connectivity index (χ3v) is 3.83. The fourth-order valence-corrected chi connectivity index (χ4v) is 2.85. The molecule has 25 heavy (non-hydrogen) atoms. The Balaban J connectivity index is 0.00000109. The number of hydrogen-bond acceptors (Lipinski definition) is 4. The zero-order valence-electron chi connectivity index (χ0n) is 15.4. The van der Waals surface area contributed by atoms with Crippen molar-refractivity contribution >= 4 is 33.1 Å². The molecule has 0 saturated carbocycles. The van der Waals surface area contributed by atoms with Crippen LogP contribution in [0.2, 0.25) is 0 Å². The predicted octanol–water partition coefficient (Wildman–Crippen LogP) is 6.18. The number of ether oxygens (including phenoxy) is 1. The lowest BCUT2D eigenvalue weighted by Crippen LogP contribution is -2.27. The van der Waals surface area contributed by atoms with E-state index in [1.165, 1.54) is 4.57 Å². The van der Waals surface area contributed by atoms with Gasteiger partial charge in [-0.25, -0.2) is 14.3 Å². The Kier molecular flexibility index (Phi) is 5.72. The number of halogens is 1. The van der Waals surface area contributed by atoms with Crippen LogP contribution >= 0.6 is 15.9 Å². The van der Waals surface area contributed by atoms with Crippen molar-refractivity contribution in [2.45, 2.75) is 47.1 Å². The van der Waals surface area contributed by atoms with E-state index in [2.05, 4.69) is 20.9 Å². The summed E-state index contributed by atoms with van der Waals surface area (Å²) in [5, 5.41) is 0.890. The summed E-state index contributed by atoms with van der Waals surface area (Å²) >= 11 is 3.43. The van der Waals surface area contributed by atoms with E-state index in [9.17, 15) is 4.79 Å². The third kappa shape index (κ3) is 3.95. The maximum Gasteiger partial charge on any atom is 0.420 e. The molecule has 0 aliphatic heterocycles. The van der Waals surface area contributed by atoms with Gasteiger partial charge in [-0.15, -0.1) is 0 Å². The van der Waals surface area contributed by atoms with E-state index in [1.807, 2.05) is 53.7 Å². The SMILES string of the molecule is CC.Cc1c(-c2ccoc2)n(C(=O)OC(C)(C)C)c2ncc(Br)cc12. The molecule has 3 aromatic heterocycles. The Morgan fingerprint density at radius 3 is 2.56 bits per heavy atom. The fraction of sp³-hybridized carbons (Fsp3) is 0.368. The van der Waals surface area contributed by atoms with Gasteiger partial charge in [0.25, 0.3) is 0 Å². The van der Waals surface area contributed by atoms with Crippen molar-refractivity contribution in [1.82, 2.24) is 9.55 Å². The predicted molar refractivity (Wildman–Crippen MR) is 103 cm³/mol. The summed E-state index contributed by atoms with van der Waals surface area (Å²) in [5.41, 5.74) is 2.46. The molecule has 3 rings (SSSR count). The molecule has 0 saturated heterocycles. The molecule has 3 aromatic rings. The maximum atomic E-state index is 12.7. The highest BCUT2D eigenvalue weighted by Crippen LogP contribution is 2.34. The number of rotatable bonds is 1. The molecule has 134 valence electrons. The molecule has 0 radical (unpaired) electrons. The van der Waals surface area contributed by atoms with Crippen LogP contribution in [0.1, 0.15) is 40.2 Å². The number of pyridine rings is 1. The van der Waals surface area contributed by atoms with Gasteiger partial charge in [-0.1, -0.05) is 13.8 Å². The summed E-state index contributed by atoms with van der Waals surface area (Å²) in [6.45, 7) is 11.5. The van der Waals surface area contributed by atoms with E-state index >= 15 is 0 Å². The van der Waals surface area contributed by atoms with E-state index in [0.717, 1.165) is 26.7 Å². The molecular formula is C19H23BrN2O3. The average molecular weight is 407 g/mol. The van der Waals surface area contributed by atoms with Gasteiger partial charge >= 0.3 is 6.09 Å². The lowest BCUT2D eigenvalue weighted by Gasteiger charge is -2.20. The number of furan rings is 1. The van der Waals surface area contributed by atoms with Crippen LogP contribution in [-0.4, -0.2) is 21.2 Å². The number of fused-ring (bicyclic) bond motifs is 1. The highest BCUT2D eigenvalue weighted by Gasteiger charge is 2.26. The van der Waals surface area contributed by atoms with Gasteiger partial charge in [-0.05, 0) is 61.3 Å². The molecule has 0 unspecified atom stereocenters. The van der Waals surface area contributed by atoms with Gasteiger partial charge < -0.3 is 9.15 Å². The van der Waals surface area contributed by atoms with E-state index in [4.69, 9.17) is 9.15 Å². The normalized spacial score (nSPS) is 11.2. The molecule has 3 heterocycles. The first-order valence-electron chi connectivity index (χ1n) is 8.20. The van der Waals surface area contributed by atoms with Crippen molar-refractivity contribution in [3.05, 3.63) is 40.9 Å². The second kappa shape index (κ2) is 7.44. The van der Waals surface area contributed by atoms with Crippen molar-refractivity contribution in [3.8, 4) is 11.3 Å². The van der Waals surface area contributed by atoms with Crippen LogP contribution < -0.4 is 0 Å². The Morgan fingerprint density at radius 1 is 1.32 bits per heavy atom. The van der Waals surface area contributed by atoms with Crippen LogP contribution in [0.15, 0.2) is 39.7 Å². The van der Waals surface area contributed by atoms with Crippen LogP contribution in [0.25, 0.3) is 22.3 Å². The number of hydrogen-bond donors (Lipinski definition) is 0. The van der Waals surface area contributed by atoms with Gasteiger partial charge in [0.05, 0.1) is 18.2 Å². The van der Waals surface area contributed by atoms with Crippen molar-refractivity contribution in [2.24, 2.45) is 0 Å². The van der Waals surface area contributed by atoms with Crippen LogP contribution in [0.4, 0.5) is 4.79 Å². The molecule has 0 fully saturated rings. The topological polar surface area (TPSA) is 57.3 Å². The molecule has 0 amide bonds. The van der Waals surface area contributed by atoms with Crippen LogP contribution in [0, 0.1) is 6.92 Å². The van der Waals surface area contributed by atoms with Gasteiger partial charge in [-0.2, -0.15) is 0 Å². The molecule has 0 aromatic carbocycles. The standard InChI is InChI=1S/C17H17BrN2O3.C2H6/c1-10-13-7-12(18)8-19-15(13)20(16(21)23-17(2,3)4)14(10)11-5-6-22-9-11;1-2/h5-9H,1-4H3;1-2H3. The first kappa shape index (κ1) is 19.2. The van der Waals surface area contributed by atoms with Gasteiger partial charge in [0.2, 0.25) is 0 Å². The molecule has 6 heteroatoms. The monoisotopic (exact) mass is 406 g/mol. The van der Waals surface area contributed by atoms with Gasteiger partial charge in [-0.3, -0.25) is 0 Å². The van der Waals surface area contributed by atoms with Crippen molar-refractivity contribution in [3.63, 3.8) is 0 Å². The summed E-state index contributed by atoms with van der Waals surface area (Å²) in [4.78, 5) is 17.2. The molecule has 5 nitrogen and oxygen atoms in total. The lowest BCUT2D eigenvalue weighted by molar-refractivity contribution is 0.0546. The Bertz CT molecular complexity index is 874. The van der Waals surface area contributed by atoms with Crippen molar-refractivity contribution in [1.29, 1.82) is 0 Å². The molecular weight excluding hydrogens is 384 g/mol. The van der Waals surface area contributed by atoms with Crippen LogP contribution in [-0.2, 0) is 4.74 Å².